The van der Waals surface area contributed by atoms with Crippen LogP contribution in [-0.4, -0.2) is 41.2 Å². The van der Waals surface area contributed by atoms with E-state index in [1.165, 1.54) is 9.80 Å². The Morgan fingerprint density at radius 2 is 1.68 bits per heavy atom. The summed E-state index contributed by atoms with van der Waals surface area (Å²) < 4.78 is 0. The van der Waals surface area contributed by atoms with Gasteiger partial charge in [-0.2, -0.15) is 0 Å². The third kappa shape index (κ3) is 6.09. The maximum Gasteiger partial charge on any atom is 0.259 e. The molecule has 4 aromatic carbocycles. The lowest BCUT2D eigenvalue weighted by Gasteiger charge is -2.33. The molecule has 0 bridgehead atoms. The largest absolute Gasteiger partial charge is 0.352 e. The molecule has 41 heavy (non-hydrogen) atoms. The second-order valence-corrected chi connectivity index (χ2v) is 11.2. The van der Waals surface area contributed by atoms with E-state index in [0.717, 1.165) is 22.8 Å². The highest BCUT2D eigenvalue weighted by Gasteiger charge is 2.36. The highest BCUT2D eigenvalue weighted by atomic mass is 35.5. The second-order valence-electron chi connectivity index (χ2n) is 10.4. The van der Waals surface area contributed by atoms with Gasteiger partial charge in [-0.05, 0) is 54.1 Å². The summed E-state index contributed by atoms with van der Waals surface area (Å²) in [6.45, 7) is 3.77. The Morgan fingerprint density at radius 3 is 2.39 bits per heavy atom. The van der Waals surface area contributed by atoms with Crippen LogP contribution >= 0.6 is 23.2 Å². The lowest BCUT2D eigenvalue weighted by atomic mass is 10.0. The van der Waals surface area contributed by atoms with Crippen molar-refractivity contribution in [3.05, 3.63) is 112 Å². The molecule has 0 fully saturated rings. The van der Waals surface area contributed by atoms with Crippen LogP contribution in [0.5, 0.6) is 0 Å². The Balaban J connectivity index is 1.53. The van der Waals surface area contributed by atoms with Crippen molar-refractivity contribution in [2.24, 2.45) is 0 Å². The minimum Gasteiger partial charge on any atom is -0.352 e. The highest BCUT2D eigenvalue weighted by Crippen LogP contribution is 2.37. The predicted molar refractivity (Wildman–Crippen MR) is 164 cm³/mol. The first-order chi connectivity index (χ1) is 19.8. The van der Waals surface area contributed by atoms with E-state index in [1.54, 1.807) is 24.3 Å². The predicted octanol–water partition coefficient (Wildman–Crippen LogP) is 6.66. The Bertz CT molecular complexity index is 1600. The minimum absolute atomic E-state index is 0.0689. The molecule has 0 spiro atoms. The Morgan fingerprint density at radius 1 is 0.951 bits per heavy atom. The summed E-state index contributed by atoms with van der Waals surface area (Å²) >= 11 is 12.7. The topological polar surface area (TPSA) is 69.7 Å². The standard InChI is InChI=1S/C33H31Cl2N3O3/c1-3-21(2)36-32(40)29(17-22-9-5-4-6-10-22)37(19-24-15-16-25(34)18-27(24)35)30(39)20-38-28-14-8-12-23-11-7-13-26(31(23)28)33(38)41/h4-16,18,21,29H,3,17,19-20H2,1-2H3,(H,36,40)/t21-,29+/m0/s1. The molecule has 0 saturated carbocycles. The van der Waals surface area contributed by atoms with Gasteiger partial charge in [0, 0.05) is 40.0 Å². The van der Waals surface area contributed by atoms with Crippen LogP contribution in [0, 0.1) is 0 Å². The van der Waals surface area contributed by atoms with Crippen molar-refractivity contribution in [2.75, 3.05) is 11.4 Å². The average molecular weight is 589 g/mol. The van der Waals surface area contributed by atoms with E-state index in [1.807, 2.05) is 74.5 Å². The maximum absolute atomic E-state index is 14.3. The molecule has 210 valence electrons. The molecule has 6 nitrogen and oxygen atoms in total. The van der Waals surface area contributed by atoms with Crippen LogP contribution in [0.25, 0.3) is 10.8 Å². The molecule has 0 saturated heterocycles. The lowest BCUT2D eigenvalue weighted by molar-refractivity contribution is -0.140. The molecular weight excluding hydrogens is 557 g/mol. The summed E-state index contributed by atoms with van der Waals surface area (Å²) in [4.78, 5) is 44.6. The fourth-order valence-electron chi connectivity index (χ4n) is 5.19. The zero-order chi connectivity index (χ0) is 29.1. The number of rotatable bonds is 10. The van der Waals surface area contributed by atoms with Gasteiger partial charge in [-0.15, -0.1) is 0 Å². The summed E-state index contributed by atoms with van der Waals surface area (Å²) in [7, 11) is 0. The number of benzene rings is 4. The minimum atomic E-state index is -0.846. The number of amides is 3. The SMILES string of the molecule is CC[C@H](C)NC(=O)[C@@H](Cc1ccccc1)N(Cc1ccc(Cl)cc1Cl)C(=O)CN1C(=O)c2cccc3cccc1c23. The van der Waals surface area contributed by atoms with Crippen molar-refractivity contribution >= 4 is 57.4 Å². The lowest BCUT2D eigenvalue weighted by Crippen LogP contribution is -2.54. The van der Waals surface area contributed by atoms with Gasteiger partial charge in [-0.3, -0.25) is 19.3 Å². The Kier molecular flexibility index (Phi) is 8.62. The van der Waals surface area contributed by atoms with Crippen LogP contribution in [0.1, 0.15) is 41.8 Å². The molecule has 8 heteroatoms. The van der Waals surface area contributed by atoms with Crippen molar-refractivity contribution in [1.82, 2.24) is 10.2 Å². The molecule has 1 aliphatic heterocycles. The third-order valence-electron chi connectivity index (χ3n) is 7.57. The van der Waals surface area contributed by atoms with Gasteiger partial charge in [0.1, 0.15) is 12.6 Å². The summed E-state index contributed by atoms with van der Waals surface area (Å²) in [6.07, 6.45) is 1.04. The molecule has 0 aliphatic carbocycles. The van der Waals surface area contributed by atoms with Gasteiger partial charge in [0.25, 0.3) is 5.91 Å². The number of nitrogens with one attached hydrogen (secondary N) is 1. The van der Waals surface area contributed by atoms with Gasteiger partial charge < -0.3 is 10.2 Å². The summed E-state index contributed by atoms with van der Waals surface area (Å²) in [6, 6.07) is 25.0. The van der Waals surface area contributed by atoms with Crippen molar-refractivity contribution in [3.63, 3.8) is 0 Å². The van der Waals surface area contributed by atoms with E-state index in [-0.39, 0.29) is 36.9 Å². The van der Waals surface area contributed by atoms with E-state index in [2.05, 4.69) is 5.32 Å². The first-order valence-electron chi connectivity index (χ1n) is 13.7. The molecule has 1 heterocycles. The molecule has 2 atom stereocenters. The number of hydrogen-bond donors (Lipinski definition) is 1. The Labute approximate surface area is 249 Å². The highest BCUT2D eigenvalue weighted by molar-refractivity contribution is 6.35. The normalized spacial score (nSPS) is 13.8. The zero-order valence-electron chi connectivity index (χ0n) is 22.9. The molecule has 1 aliphatic rings. The van der Waals surface area contributed by atoms with Gasteiger partial charge in [-0.1, -0.05) is 90.8 Å². The molecular formula is C33H31Cl2N3O3. The zero-order valence-corrected chi connectivity index (χ0v) is 24.5. The van der Waals surface area contributed by atoms with Crippen LogP contribution < -0.4 is 10.2 Å². The number of nitrogens with zero attached hydrogens (tertiary/aromatic N) is 2. The molecule has 0 radical (unpaired) electrons. The number of halogens is 2. The van der Waals surface area contributed by atoms with Crippen LogP contribution in [-0.2, 0) is 22.6 Å². The van der Waals surface area contributed by atoms with Gasteiger partial charge in [0.15, 0.2) is 0 Å². The number of carbonyl (C=O) groups is 3. The van der Waals surface area contributed by atoms with Crippen LogP contribution in [0.2, 0.25) is 10.0 Å². The quantitative estimate of drug-likeness (QED) is 0.225. The average Bonchev–Trinajstić information content (AvgIpc) is 3.24. The smallest absolute Gasteiger partial charge is 0.259 e. The van der Waals surface area contributed by atoms with Gasteiger partial charge in [0.05, 0.1) is 5.69 Å². The van der Waals surface area contributed by atoms with E-state index in [4.69, 9.17) is 23.2 Å². The van der Waals surface area contributed by atoms with E-state index >= 15 is 0 Å². The maximum atomic E-state index is 14.3. The molecule has 1 N–H and O–H groups in total. The fraction of sp³-hybridized carbons (Fsp3) is 0.242. The monoisotopic (exact) mass is 587 g/mol. The molecule has 0 aromatic heterocycles. The van der Waals surface area contributed by atoms with E-state index < -0.39 is 6.04 Å². The number of carbonyl (C=O) groups excluding carboxylic acids is 3. The first-order valence-corrected chi connectivity index (χ1v) is 14.4. The van der Waals surface area contributed by atoms with Crippen molar-refractivity contribution in [3.8, 4) is 0 Å². The summed E-state index contributed by atoms with van der Waals surface area (Å²) in [5, 5.41) is 5.69. The van der Waals surface area contributed by atoms with Crippen LogP contribution in [0.15, 0.2) is 84.9 Å². The van der Waals surface area contributed by atoms with Gasteiger partial charge in [0.2, 0.25) is 11.8 Å². The third-order valence-corrected chi connectivity index (χ3v) is 8.16. The van der Waals surface area contributed by atoms with Crippen molar-refractivity contribution in [1.29, 1.82) is 0 Å². The molecule has 0 unspecified atom stereocenters. The molecule has 4 aromatic rings. The van der Waals surface area contributed by atoms with Crippen LogP contribution in [0.3, 0.4) is 0 Å². The molecule has 5 rings (SSSR count). The van der Waals surface area contributed by atoms with Gasteiger partial charge in [-0.25, -0.2) is 0 Å². The second kappa shape index (κ2) is 12.3. The summed E-state index contributed by atoms with van der Waals surface area (Å²) in [5.41, 5.74) is 2.81. The van der Waals surface area contributed by atoms with Crippen molar-refractivity contribution in [2.45, 2.75) is 45.3 Å². The molecule has 3 amide bonds. The number of anilines is 1. The van der Waals surface area contributed by atoms with Crippen molar-refractivity contribution < 1.29 is 14.4 Å². The fourth-order valence-corrected chi connectivity index (χ4v) is 5.66. The van der Waals surface area contributed by atoms with E-state index in [9.17, 15) is 14.4 Å². The van der Waals surface area contributed by atoms with Crippen LogP contribution in [0.4, 0.5) is 5.69 Å². The first kappa shape index (κ1) is 28.7. The van der Waals surface area contributed by atoms with E-state index in [0.29, 0.717) is 33.3 Å². The van der Waals surface area contributed by atoms with Gasteiger partial charge >= 0.3 is 0 Å². The summed E-state index contributed by atoms with van der Waals surface area (Å²) in [5.74, 6) is -0.868. The Hall–Kier alpha value is -3.87. The number of hydrogen-bond acceptors (Lipinski definition) is 3.